The molecule has 1 saturated heterocycles. The number of aryl methyl sites for hydroxylation is 2. The van der Waals surface area contributed by atoms with Gasteiger partial charge in [0.25, 0.3) is 0 Å². The molecule has 166 valence electrons. The highest BCUT2D eigenvalue weighted by atomic mass is 32.2. The van der Waals surface area contributed by atoms with E-state index in [-0.39, 0.29) is 24.1 Å². The van der Waals surface area contributed by atoms with Crippen LogP contribution in [0.2, 0.25) is 0 Å². The molecule has 1 N–H and O–H groups in total. The molecule has 1 unspecified atom stereocenters. The molecule has 0 aliphatic carbocycles. The van der Waals surface area contributed by atoms with Crippen LogP contribution in [-0.2, 0) is 22.4 Å². The van der Waals surface area contributed by atoms with Crippen LogP contribution in [0.4, 0.5) is 10.1 Å². The van der Waals surface area contributed by atoms with Crippen molar-refractivity contribution in [3.05, 3.63) is 81.1 Å². The quantitative estimate of drug-likeness (QED) is 0.574. The number of hydrogen-bond donors (Lipinski definition) is 1. The number of nitrogens with one attached hydrogen (secondary N) is 1. The van der Waals surface area contributed by atoms with Crippen LogP contribution < -0.4 is 5.32 Å². The summed E-state index contributed by atoms with van der Waals surface area (Å²) >= 11 is 3.06. The molecule has 0 spiro atoms. The summed E-state index contributed by atoms with van der Waals surface area (Å²) < 4.78 is 13.1. The van der Waals surface area contributed by atoms with Gasteiger partial charge in [-0.05, 0) is 43.2 Å². The van der Waals surface area contributed by atoms with Gasteiger partial charge in [0.2, 0.25) is 11.8 Å². The molecule has 2 amide bonds. The smallest absolute Gasteiger partial charge is 0.248 e. The summed E-state index contributed by atoms with van der Waals surface area (Å²) in [5, 5.41) is 5.73. The minimum absolute atomic E-state index is 0.102. The molecule has 32 heavy (non-hydrogen) atoms. The van der Waals surface area contributed by atoms with Crippen molar-refractivity contribution in [2.75, 3.05) is 16.9 Å². The van der Waals surface area contributed by atoms with Gasteiger partial charge in [0, 0.05) is 23.2 Å². The van der Waals surface area contributed by atoms with E-state index in [0.717, 1.165) is 27.4 Å². The molecule has 2 heterocycles. The molecule has 0 radical (unpaired) electrons. The Morgan fingerprint density at radius 1 is 1.19 bits per heavy atom. The lowest BCUT2D eigenvalue weighted by molar-refractivity contribution is -0.135. The Morgan fingerprint density at radius 2 is 1.97 bits per heavy atom. The number of rotatable bonds is 6. The monoisotopic (exact) mass is 469 g/mol. The highest BCUT2D eigenvalue weighted by Crippen LogP contribution is 2.25. The number of thioether (sulfide) groups is 1. The zero-order chi connectivity index (χ0) is 22.7. The van der Waals surface area contributed by atoms with E-state index in [2.05, 4.69) is 10.3 Å². The first-order valence-electron chi connectivity index (χ1n) is 10.3. The molecule has 1 fully saturated rings. The van der Waals surface area contributed by atoms with Gasteiger partial charge in [0.1, 0.15) is 11.9 Å². The highest BCUT2D eigenvalue weighted by Gasteiger charge is 2.35. The van der Waals surface area contributed by atoms with Crippen molar-refractivity contribution in [1.82, 2.24) is 9.88 Å². The van der Waals surface area contributed by atoms with Gasteiger partial charge in [-0.25, -0.2) is 9.37 Å². The van der Waals surface area contributed by atoms with Crippen LogP contribution in [0, 0.1) is 19.7 Å². The van der Waals surface area contributed by atoms with E-state index in [9.17, 15) is 14.0 Å². The summed E-state index contributed by atoms with van der Waals surface area (Å²) in [6.07, 6.45) is 0.757. The minimum atomic E-state index is -0.495. The summed E-state index contributed by atoms with van der Waals surface area (Å²) in [6.45, 7) is 3.97. The maximum absolute atomic E-state index is 13.1. The number of hydrogen-bond acceptors (Lipinski definition) is 5. The van der Waals surface area contributed by atoms with E-state index in [0.29, 0.717) is 23.7 Å². The number of nitrogens with zero attached hydrogens (tertiary/aromatic N) is 2. The zero-order valence-corrected chi connectivity index (χ0v) is 19.6. The third kappa shape index (κ3) is 5.37. The van der Waals surface area contributed by atoms with Crippen molar-refractivity contribution in [3.63, 3.8) is 0 Å². The first-order valence-corrected chi connectivity index (χ1v) is 12.4. The van der Waals surface area contributed by atoms with E-state index in [1.54, 1.807) is 28.8 Å². The Labute approximate surface area is 195 Å². The summed E-state index contributed by atoms with van der Waals surface area (Å²) in [5.41, 5.74) is 4.57. The number of benzene rings is 2. The van der Waals surface area contributed by atoms with Crippen molar-refractivity contribution in [2.24, 2.45) is 0 Å². The Hall–Kier alpha value is -2.71. The molecule has 5 nitrogen and oxygen atoms in total. The Morgan fingerprint density at radius 3 is 2.72 bits per heavy atom. The third-order valence-electron chi connectivity index (χ3n) is 5.35. The average molecular weight is 470 g/mol. The van der Waals surface area contributed by atoms with Gasteiger partial charge in [-0.15, -0.1) is 23.1 Å². The Balaban J connectivity index is 1.37. The molecule has 2 aromatic carbocycles. The predicted octanol–water partition coefficient (Wildman–Crippen LogP) is 4.57. The van der Waals surface area contributed by atoms with Crippen LogP contribution in [0.5, 0.6) is 0 Å². The third-order valence-corrected chi connectivity index (χ3v) is 7.26. The number of carbonyl (C=O) groups excluding carboxylic acids is 2. The summed E-state index contributed by atoms with van der Waals surface area (Å²) in [5.74, 6) is 0.546. The lowest BCUT2D eigenvalue weighted by Crippen LogP contribution is -2.45. The van der Waals surface area contributed by atoms with Crippen molar-refractivity contribution >= 4 is 40.6 Å². The highest BCUT2D eigenvalue weighted by molar-refractivity contribution is 7.99. The largest absolute Gasteiger partial charge is 0.324 e. The van der Waals surface area contributed by atoms with Crippen molar-refractivity contribution < 1.29 is 14.0 Å². The van der Waals surface area contributed by atoms with Gasteiger partial charge in [-0.2, -0.15) is 0 Å². The first-order chi connectivity index (χ1) is 15.4. The number of carbonyl (C=O) groups is 2. The Kier molecular flexibility index (Phi) is 6.91. The lowest BCUT2D eigenvalue weighted by Gasteiger charge is -2.23. The maximum atomic E-state index is 13.1. The van der Waals surface area contributed by atoms with Crippen LogP contribution in [0.15, 0.2) is 47.8 Å². The van der Waals surface area contributed by atoms with Crippen LogP contribution in [0.1, 0.15) is 27.4 Å². The molecular formula is C24H24FN3O2S2. The van der Waals surface area contributed by atoms with Gasteiger partial charge in [0.05, 0.1) is 23.0 Å². The molecule has 0 bridgehead atoms. The van der Waals surface area contributed by atoms with Crippen molar-refractivity contribution in [2.45, 2.75) is 32.7 Å². The molecular weight excluding hydrogens is 445 g/mol. The predicted molar refractivity (Wildman–Crippen MR) is 128 cm³/mol. The van der Waals surface area contributed by atoms with Crippen LogP contribution >= 0.6 is 23.1 Å². The van der Waals surface area contributed by atoms with Crippen LogP contribution in [0.25, 0.3) is 0 Å². The SMILES string of the molecule is Cc1ccc(NC(=O)C2CSCN2C(=O)Cc2csc(Cc3ccc(F)cc3)n2)c(C)c1. The van der Waals surface area contributed by atoms with Crippen molar-refractivity contribution in [1.29, 1.82) is 0 Å². The molecule has 1 aliphatic heterocycles. The molecule has 8 heteroatoms. The summed E-state index contributed by atoms with van der Waals surface area (Å²) in [4.78, 5) is 32.1. The van der Waals surface area contributed by atoms with Gasteiger partial charge in [-0.3, -0.25) is 9.59 Å². The van der Waals surface area contributed by atoms with Crippen LogP contribution in [0.3, 0.4) is 0 Å². The second-order valence-corrected chi connectivity index (χ2v) is 9.84. The fourth-order valence-electron chi connectivity index (χ4n) is 3.62. The fourth-order valence-corrected chi connectivity index (χ4v) is 5.63. The number of anilines is 1. The van der Waals surface area contributed by atoms with Crippen molar-refractivity contribution in [3.8, 4) is 0 Å². The van der Waals surface area contributed by atoms with E-state index in [4.69, 9.17) is 0 Å². The van der Waals surface area contributed by atoms with E-state index in [1.807, 2.05) is 37.4 Å². The summed E-state index contributed by atoms with van der Waals surface area (Å²) in [6, 6.07) is 11.7. The second kappa shape index (κ2) is 9.83. The first kappa shape index (κ1) is 22.5. The second-order valence-electron chi connectivity index (χ2n) is 7.90. The topological polar surface area (TPSA) is 62.3 Å². The summed E-state index contributed by atoms with van der Waals surface area (Å²) in [7, 11) is 0. The average Bonchev–Trinajstić information content (AvgIpc) is 3.41. The molecule has 1 aliphatic rings. The number of halogens is 1. The zero-order valence-electron chi connectivity index (χ0n) is 17.9. The van der Waals surface area contributed by atoms with Gasteiger partial charge < -0.3 is 10.2 Å². The van der Waals surface area contributed by atoms with E-state index >= 15 is 0 Å². The van der Waals surface area contributed by atoms with Gasteiger partial charge >= 0.3 is 0 Å². The normalized spacial score (nSPS) is 15.7. The molecule has 3 aromatic rings. The standard InChI is InChI=1S/C24H24FN3O2S2/c1-15-3-8-20(16(2)9-15)27-24(30)21-13-31-14-28(21)23(29)11-19-12-32-22(26-19)10-17-4-6-18(25)7-5-17/h3-9,12,21H,10-11,13-14H2,1-2H3,(H,27,30). The number of thiazole rings is 1. The number of aromatic nitrogens is 1. The fraction of sp³-hybridized carbons (Fsp3) is 0.292. The maximum Gasteiger partial charge on any atom is 0.248 e. The van der Waals surface area contributed by atoms with Gasteiger partial charge in [0.15, 0.2) is 0 Å². The molecule has 1 aromatic heterocycles. The number of amides is 2. The lowest BCUT2D eigenvalue weighted by atomic mass is 10.1. The molecule has 0 saturated carbocycles. The van der Waals surface area contributed by atoms with Crippen LogP contribution in [-0.4, -0.2) is 39.4 Å². The van der Waals surface area contributed by atoms with Gasteiger partial charge in [-0.1, -0.05) is 29.8 Å². The Bertz CT molecular complexity index is 1130. The molecule has 4 rings (SSSR count). The van der Waals surface area contributed by atoms with E-state index in [1.165, 1.54) is 23.5 Å². The molecule has 1 atom stereocenters. The van der Waals surface area contributed by atoms with E-state index < -0.39 is 6.04 Å². The minimum Gasteiger partial charge on any atom is -0.324 e.